The highest BCUT2D eigenvalue weighted by molar-refractivity contribution is 9.10. The van der Waals surface area contributed by atoms with Crippen molar-refractivity contribution < 1.29 is 0 Å². The minimum absolute atomic E-state index is 0.0716. The number of nitrogens with two attached hydrogens (primary N) is 1. The summed E-state index contributed by atoms with van der Waals surface area (Å²) < 4.78 is 1.04. The van der Waals surface area contributed by atoms with Gasteiger partial charge < -0.3 is 5.73 Å². The van der Waals surface area contributed by atoms with Crippen LogP contribution in [-0.2, 0) is 0 Å². The van der Waals surface area contributed by atoms with Gasteiger partial charge in [-0.05, 0) is 24.3 Å². The number of amidine groups is 1. The summed E-state index contributed by atoms with van der Waals surface area (Å²) >= 11 is 4.89. The summed E-state index contributed by atoms with van der Waals surface area (Å²) in [5, 5.41) is 7.99. The molecular formula is C11H9BrN4S. The Kier molecular flexibility index (Phi) is 3.75. The van der Waals surface area contributed by atoms with Crippen LogP contribution in [0.25, 0.3) is 0 Å². The molecule has 0 saturated heterocycles. The second kappa shape index (κ2) is 5.29. The molecule has 17 heavy (non-hydrogen) atoms. The molecule has 1 heterocycles. The van der Waals surface area contributed by atoms with E-state index in [9.17, 15) is 0 Å². The van der Waals surface area contributed by atoms with Crippen LogP contribution in [0, 0.1) is 5.41 Å². The van der Waals surface area contributed by atoms with E-state index in [4.69, 9.17) is 11.1 Å². The van der Waals surface area contributed by atoms with Crippen LogP contribution < -0.4 is 5.73 Å². The standard InChI is InChI=1S/C11H9BrN4S/c12-7-1-3-8(4-2-7)17-10-6-15-9(5-16-10)11(13)14/h1-6H,(H3,13,14). The number of rotatable bonds is 3. The Morgan fingerprint density at radius 1 is 1.18 bits per heavy atom. The molecule has 0 aliphatic carbocycles. The highest BCUT2D eigenvalue weighted by Crippen LogP contribution is 2.26. The van der Waals surface area contributed by atoms with Gasteiger partial charge in [-0.3, -0.25) is 5.41 Å². The predicted octanol–water partition coefficient (Wildman–Crippen LogP) is 2.67. The second-order valence-electron chi connectivity index (χ2n) is 3.21. The van der Waals surface area contributed by atoms with Gasteiger partial charge in [-0.1, -0.05) is 27.7 Å². The van der Waals surface area contributed by atoms with Crippen molar-refractivity contribution in [3.05, 3.63) is 46.8 Å². The summed E-state index contributed by atoms with van der Waals surface area (Å²) in [6.07, 6.45) is 3.12. The molecule has 0 saturated carbocycles. The van der Waals surface area contributed by atoms with E-state index in [1.807, 2.05) is 24.3 Å². The lowest BCUT2D eigenvalue weighted by atomic mass is 10.4. The molecule has 4 nitrogen and oxygen atoms in total. The minimum Gasteiger partial charge on any atom is -0.382 e. The average Bonchev–Trinajstić information content (AvgIpc) is 2.33. The summed E-state index contributed by atoms with van der Waals surface area (Å²) in [5.74, 6) is -0.0716. The summed E-state index contributed by atoms with van der Waals surface area (Å²) in [7, 11) is 0. The van der Waals surface area contributed by atoms with Crippen LogP contribution in [-0.4, -0.2) is 15.8 Å². The van der Waals surface area contributed by atoms with E-state index in [1.165, 1.54) is 18.0 Å². The van der Waals surface area contributed by atoms with E-state index < -0.39 is 0 Å². The highest BCUT2D eigenvalue weighted by Gasteiger charge is 2.02. The molecule has 0 aliphatic rings. The predicted molar refractivity (Wildman–Crippen MR) is 71.3 cm³/mol. The highest BCUT2D eigenvalue weighted by atomic mass is 79.9. The smallest absolute Gasteiger partial charge is 0.143 e. The fourth-order valence-corrected chi connectivity index (χ4v) is 2.12. The maximum atomic E-state index is 7.21. The third-order valence-corrected chi connectivity index (χ3v) is 3.40. The van der Waals surface area contributed by atoms with Crippen LogP contribution in [0.15, 0.2) is 51.1 Å². The number of nitrogens with one attached hydrogen (secondary N) is 1. The van der Waals surface area contributed by atoms with Crippen LogP contribution in [0.4, 0.5) is 0 Å². The minimum atomic E-state index is -0.0716. The van der Waals surface area contributed by atoms with E-state index in [0.29, 0.717) is 5.69 Å². The van der Waals surface area contributed by atoms with Gasteiger partial charge in [0.25, 0.3) is 0 Å². The van der Waals surface area contributed by atoms with Gasteiger partial charge in [0.15, 0.2) is 0 Å². The second-order valence-corrected chi connectivity index (χ2v) is 5.22. The van der Waals surface area contributed by atoms with Crippen molar-refractivity contribution in [1.29, 1.82) is 5.41 Å². The lowest BCUT2D eigenvalue weighted by Gasteiger charge is -2.01. The first-order valence-corrected chi connectivity index (χ1v) is 6.36. The van der Waals surface area contributed by atoms with E-state index in [0.717, 1.165) is 14.4 Å². The number of aromatic nitrogens is 2. The number of nitrogens with zero attached hydrogens (tertiary/aromatic N) is 2. The quantitative estimate of drug-likeness (QED) is 0.675. The third kappa shape index (κ3) is 3.28. The van der Waals surface area contributed by atoms with Crippen molar-refractivity contribution in [1.82, 2.24) is 9.97 Å². The Bertz CT molecular complexity index is 524. The van der Waals surface area contributed by atoms with Crippen molar-refractivity contribution in [2.45, 2.75) is 9.92 Å². The van der Waals surface area contributed by atoms with E-state index in [1.54, 1.807) is 6.20 Å². The van der Waals surface area contributed by atoms with Crippen molar-refractivity contribution in [3.63, 3.8) is 0 Å². The van der Waals surface area contributed by atoms with Crippen LogP contribution in [0.5, 0.6) is 0 Å². The Labute approximate surface area is 111 Å². The zero-order chi connectivity index (χ0) is 12.3. The molecule has 1 aromatic carbocycles. The van der Waals surface area contributed by atoms with Gasteiger partial charge in [0, 0.05) is 9.37 Å². The zero-order valence-corrected chi connectivity index (χ0v) is 11.1. The third-order valence-electron chi connectivity index (χ3n) is 1.94. The summed E-state index contributed by atoms with van der Waals surface area (Å²) in [6, 6.07) is 7.93. The summed E-state index contributed by atoms with van der Waals surface area (Å²) in [6.45, 7) is 0. The molecule has 86 valence electrons. The average molecular weight is 309 g/mol. The van der Waals surface area contributed by atoms with E-state index in [-0.39, 0.29) is 5.84 Å². The summed E-state index contributed by atoms with van der Waals surface area (Å²) in [5.41, 5.74) is 5.70. The van der Waals surface area contributed by atoms with Gasteiger partial charge in [0.1, 0.15) is 16.6 Å². The van der Waals surface area contributed by atoms with Crippen LogP contribution in [0.3, 0.4) is 0 Å². The van der Waals surface area contributed by atoms with Gasteiger partial charge in [-0.25, -0.2) is 9.97 Å². The molecule has 0 bridgehead atoms. The molecule has 1 aromatic heterocycles. The molecule has 0 amide bonds. The molecule has 6 heteroatoms. The lowest BCUT2D eigenvalue weighted by molar-refractivity contribution is 1.04. The van der Waals surface area contributed by atoms with Crippen LogP contribution in [0.2, 0.25) is 0 Å². The molecule has 2 rings (SSSR count). The summed E-state index contributed by atoms with van der Waals surface area (Å²) in [4.78, 5) is 9.32. The number of hydrogen-bond donors (Lipinski definition) is 2. The van der Waals surface area contributed by atoms with Crippen molar-refractivity contribution in [3.8, 4) is 0 Å². The van der Waals surface area contributed by atoms with Crippen LogP contribution in [0.1, 0.15) is 5.69 Å². The topological polar surface area (TPSA) is 75.7 Å². The van der Waals surface area contributed by atoms with Crippen molar-refractivity contribution in [2.24, 2.45) is 5.73 Å². The van der Waals surface area contributed by atoms with Gasteiger partial charge in [-0.2, -0.15) is 0 Å². The normalized spacial score (nSPS) is 10.2. The fraction of sp³-hybridized carbons (Fsp3) is 0. The largest absolute Gasteiger partial charge is 0.382 e. The van der Waals surface area contributed by atoms with E-state index in [2.05, 4.69) is 25.9 Å². The van der Waals surface area contributed by atoms with Crippen LogP contribution >= 0.6 is 27.7 Å². The molecule has 2 aromatic rings. The molecule has 0 fully saturated rings. The van der Waals surface area contributed by atoms with Gasteiger partial charge in [0.05, 0.1) is 12.4 Å². The van der Waals surface area contributed by atoms with Gasteiger partial charge in [-0.15, -0.1) is 0 Å². The molecule has 0 spiro atoms. The maximum absolute atomic E-state index is 7.21. The SMILES string of the molecule is N=C(N)c1cnc(Sc2ccc(Br)cc2)cn1. The molecule has 0 unspecified atom stereocenters. The number of hydrogen-bond acceptors (Lipinski definition) is 4. The first kappa shape index (κ1) is 12.1. The Balaban J connectivity index is 2.13. The first-order chi connectivity index (χ1) is 8.15. The Morgan fingerprint density at radius 2 is 1.88 bits per heavy atom. The van der Waals surface area contributed by atoms with Gasteiger partial charge >= 0.3 is 0 Å². The van der Waals surface area contributed by atoms with Crippen molar-refractivity contribution in [2.75, 3.05) is 0 Å². The molecular weight excluding hydrogens is 300 g/mol. The van der Waals surface area contributed by atoms with Gasteiger partial charge in [0.2, 0.25) is 0 Å². The fourth-order valence-electron chi connectivity index (χ4n) is 1.13. The monoisotopic (exact) mass is 308 g/mol. The van der Waals surface area contributed by atoms with Crippen molar-refractivity contribution >= 4 is 33.5 Å². The first-order valence-electron chi connectivity index (χ1n) is 4.75. The van der Waals surface area contributed by atoms with E-state index >= 15 is 0 Å². The Hall–Kier alpha value is -1.40. The zero-order valence-electron chi connectivity index (χ0n) is 8.72. The Morgan fingerprint density at radius 3 is 2.41 bits per heavy atom. The molecule has 3 N–H and O–H groups in total. The number of benzene rings is 1. The number of halogens is 1. The molecule has 0 aliphatic heterocycles. The lowest BCUT2D eigenvalue weighted by Crippen LogP contribution is -2.13. The molecule has 0 radical (unpaired) electrons. The maximum Gasteiger partial charge on any atom is 0.143 e. The number of nitrogen functional groups attached to an aromatic ring is 1. The molecule has 0 atom stereocenters.